The van der Waals surface area contributed by atoms with Gasteiger partial charge in [-0.15, -0.1) is 0 Å². The number of pyridine rings is 2. The van der Waals surface area contributed by atoms with Crippen LogP contribution in [0.4, 0.5) is 5.69 Å². The molecule has 0 aromatic carbocycles. The molecule has 2 N–H and O–H groups in total. The number of H-pyrrole nitrogens is 1. The van der Waals surface area contributed by atoms with Crippen molar-refractivity contribution in [3.63, 3.8) is 0 Å². The molecule has 0 amide bonds. The molecule has 152 valence electrons. The van der Waals surface area contributed by atoms with E-state index in [0.29, 0.717) is 5.70 Å². The topological polar surface area (TPSA) is 69.7 Å². The fourth-order valence-electron chi connectivity index (χ4n) is 3.56. The third kappa shape index (κ3) is 5.34. The molecule has 1 aliphatic heterocycles. The molecule has 4 heterocycles. The predicted molar refractivity (Wildman–Crippen MR) is 120 cm³/mol. The Hall–Kier alpha value is -3.43. The second kappa shape index (κ2) is 9.86. The summed E-state index contributed by atoms with van der Waals surface area (Å²) in [7, 11) is 0. The molecule has 1 saturated heterocycles. The van der Waals surface area contributed by atoms with Crippen LogP contribution < -0.4 is 5.32 Å². The first-order valence-corrected chi connectivity index (χ1v) is 10.4. The Morgan fingerprint density at radius 2 is 2.03 bits per heavy atom. The van der Waals surface area contributed by atoms with Crippen LogP contribution in [0.15, 0.2) is 55.6 Å². The van der Waals surface area contributed by atoms with Gasteiger partial charge in [-0.1, -0.05) is 18.4 Å². The molecule has 0 saturated carbocycles. The third-order valence-electron chi connectivity index (χ3n) is 5.17. The van der Waals surface area contributed by atoms with Gasteiger partial charge in [0.25, 0.3) is 0 Å². The largest absolute Gasteiger partial charge is 0.353 e. The van der Waals surface area contributed by atoms with Crippen molar-refractivity contribution in [3.05, 3.63) is 78.1 Å². The van der Waals surface area contributed by atoms with Crippen molar-refractivity contribution in [1.82, 2.24) is 25.1 Å². The molecule has 30 heavy (non-hydrogen) atoms. The highest BCUT2D eigenvalue weighted by Crippen LogP contribution is 2.18. The van der Waals surface area contributed by atoms with Crippen LogP contribution in [0, 0.1) is 11.8 Å². The van der Waals surface area contributed by atoms with Gasteiger partial charge in [-0.2, -0.15) is 5.10 Å². The van der Waals surface area contributed by atoms with Crippen molar-refractivity contribution in [1.29, 1.82) is 0 Å². The lowest BCUT2D eigenvalue weighted by molar-refractivity contribution is 0.333. The zero-order chi connectivity index (χ0) is 20.6. The number of aromatic nitrogens is 4. The summed E-state index contributed by atoms with van der Waals surface area (Å²) in [6.07, 6.45) is 11.9. The number of aryl methyl sites for hydroxylation is 1. The van der Waals surface area contributed by atoms with Crippen LogP contribution in [-0.4, -0.2) is 44.7 Å². The van der Waals surface area contributed by atoms with Crippen molar-refractivity contribution < 1.29 is 0 Å². The van der Waals surface area contributed by atoms with Crippen LogP contribution in [0.3, 0.4) is 0 Å². The van der Waals surface area contributed by atoms with E-state index in [1.54, 1.807) is 18.6 Å². The Morgan fingerprint density at radius 1 is 1.13 bits per heavy atom. The van der Waals surface area contributed by atoms with E-state index in [-0.39, 0.29) is 0 Å². The maximum Gasteiger partial charge on any atom is 0.0963 e. The van der Waals surface area contributed by atoms with E-state index in [4.69, 9.17) is 0 Å². The van der Waals surface area contributed by atoms with Gasteiger partial charge in [0.05, 0.1) is 35.0 Å². The molecule has 3 aromatic heterocycles. The fourth-order valence-corrected chi connectivity index (χ4v) is 3.56. The van der Waals surface area contributed by atoms with Gasteiger partial charge in [-0.05, 0) is 69.6 Å². The maximum absolute atomic E-state index is 4.59. The van der Waals surface area contributed by atoms with Crippen LogP contribution in [0.2, 0.25) is 0 Å². The van der Waals surface area contributed by atoms with Crippen molar-refractivity contribution in [2.24, 2.45) is 0 Å². The van der Waals surface area contributed by atoms with Gasteiger partial charge in [0, 0.05) is 23.7 Å². The summed E-state index contributed by atoms with van der Waals surface area (Å²) < 4.78 is 0. The van der Waals surface area contributed by atoms with Gasteiger partial charge in [0.2, 0.25) is 0 Å². The molecule has 1 fully saturated rings. The number of hydrogen-bond donors (Lipinski definition) is 2. The minimum atomic E-state index is 0.701. The highest BCUT2D eigenvalue weighted by molar-refractivity contribution is 5.76. The molecule has 0 aliphatic carbocycles. The zero-order valence-corrected chi connectivity index (χ0v) is 17.1. The van der Waals surface area contributed by atoms with Gasteiger partial charge in [-0.3, -0.25) is 15.1 Å². The molecule has 6 heteroatoms. The summed E-state index contributed by atoms with van der Waals surface area (Å²) in [5.41, 5.74) is 5.11. The highest BCUT2D eigenvalue weighted by atomic mass is 15.1. The third-order valence-corrected chi connectivity index (χ3v) is 5.17. The minimum Gasteiger partial charge on any atom is -0.353 e. The first-order chi connectivity index (χ1) is 14.8. The minimum absolute atomic E-state index is 0.701. The Balaban J connectivity index is 1.33. The van der Waals surface area contributed by atoms with Crippen LogP contribution in [0.5, 0.6) is 0 Å². The van der Waals surface area contributed by atoms with E-state index in [2.05, 4.69) is 54.9 Å². The summed E-state index contributed by atoms with van der Waals surface area (Å²) in [5.74, 6) is 6.22. The monoisotopic (exact) mass is 398 g/mol. The van der Waals surface area contributed by atoms with Crippen LogP contribution >= 0.6 is 0 Å². The molecule has 0 spiro atoms. The molecule has 6 nitrogen and oxygen atoms in total. The SMILES string of the molecule is C=C(Nc1ccc(CCCN2CCCC2)nc1)c1[nH]ncc1C#Cc1cccnc1. The average Bonchev–Trinajstić information content (AvgIpc) is 3.46. The predicted octanol–water partition coefficient (Wildman–Crippen LogP) is 3.71. The lowest BCUT2D eigenvalue weighted by atomic mass is 10.2. The summed E-state index contributed by atoms with van der Waals surface area (Å²) in [5, 5.41) is 10.4. The first-order valence-electron chi connectivity index (χ1n) is 10.4. The van der Waals surface area contributed by atoms with Gasteiger partial charge in [-0.25, -0.2) is 0 Å². The number of hydrogen-bond acceptors (Lipinski definition) is 5. The van der Waals surface area contributed by atoms with Crippen LogP contribution in [-0.2, 0) is 6.42 Å². The Kier molecular flexibility index (Phi) is 6.53. The Bertz CT molecular complexity index is 1020. The second-order valence-corrected chi connectivity index (χ2v) is 7.44. The molecule has 1 aliphatic rings. The molecular weight excluding hydrogens is 372 g/mol. The van der Waals surface area contributed by atoms with Crippen LogP contribution in [0.25, 0.3) is 5.70 Å². The molecule has 0 radical (unpaired) electrons. The quantitative estimate of drug-likeness (QED) is 0.594. The van der Waals surface area contributed by atoms with E-state index in [1.807, 2.05) is 24.4 Å². The summed E-state index contributed by atoms with van der Waals surface area (Å²) in [4.78, 5) is 11.2. The zero-order valence-electron chi connectivity index (χ0n) is 17.1. The number of nitrogens with one attached hydrogen (secondary N) is 2. The molecule has 3 aromatic rings. The maximum atomic E-state index is 4.59. The molecule has 0 unspecified atom stereocenters. The molecule has 0 bridgehead atoms. The van der Waals surface area contributed by atoms with E-state index in [0.717, 1.165) is 41.0 Å². The van der Waals surface area contributed by atoms with E-state index >= 15 is 0 Å². The summed E-state index contributed by atoms with van der Waals surface area (Å²) in [6.45, 7) is 7.80. The summed E-state index contributed by atoms with van der Waals surface area (Å²) >= 11 is 0. The van der Waals surface area contributed by atoms with Crippen molar-refractivity contribution in [2.45, 2.75) is 25.7 Å². The fraction of sp³-hybridized carbons (Fsp3) is 0.292. The normalized spacial score (nSPS) is 13.6. The van der Waals surface area contributed by atoms with Gasteiger partial charge in [0.1, 0.15) is 0 Å². The van der Waals surface area contributed by atoms with Crippen molar-refractivity contribution >= 4 is 11.4 Å². The first kappa shape index (κ1) is 19.9. The number of nitrogens with zero attached hydrogens (tertiary/aromatic N) is 4. The van der Waals surface area contributed by atoms with Crippen molar-refractivity contribution in [3.8, 4) is 11.8 Å². The number of aromatic amines is 1. The van der Waals surface area contributed by atoms with Gasteiger partial charge >= 0.3 is 0 Å². The lowest BCUT2D eigenvalue weighted by Crippen LogP contribution is -2.20. The standard InChI is InChI=1S/C24H26N6/c1-19(24-21(17-27-29-24)9-8-20-6-4-12-25-16-20)28-23-11-10-22(26-18-23)7-5-15-30-13-2-3-14-30/h4,6,10-12,16-18,28H,1-3,5,7,13-15H2,(H,27,29). The number of likely N-dealkylation sites (tertiary alicyclic amines) is 1. The van der Waals surface area contributed by atoms with E-state index in [9.17, 15) is 0 Å². The van der Waals surface area contributed by atoms with Crippen LogP contribution in [0.1, 0.15) is 41.8 Å². The average molecular weight is 399 g/mol. The smallest absolute Gasteiger partial charge is 0.0963 e. The number of anilines is 1. The second-order valence-electron chi connectivity index (χ2n) is 7.44. The molecule has 0 atom stereocenters. The Morgan fingerprint density at radius 3 is 2.80 bits per heavy atom. The van der Waals surface area contributed by atoms with Crippen molar-refractivity contribution in [2.75, 3.05) is 25.0 Å². The van der Waals surface area contributed by atoms with E-state index < -0.39 is 0 Å². The molecule has 4 rings (SSSR count). The molecular formula is C24H26N6. The lowest BCUT2D eigenvalue weighted by Gasteiger charge is -2.14. The summed E-state index contributed by atoms with van der Waals surface area (Å²) in [6, 6.07) is 7.91. The van der Waals surface area contributed by atoms with E-state index in [1.165, 1.54) is 32.5 Å². The number of rotatable bonds is 7. The Labute approximate surface area is 177 Å². The van der Waals surface area contributed by atoms with Gasteiger partial charge in [0.15, 0.2) is 0 Å². The highest BCUT2D eigenvalue weighted by Gasteiger charge is 2.11. The van der Waals surface area contributed by atoms with Gasteiger partial charge < -0.3 is 10.2 Å².